The first-order chi connectivity index (χ1) is 14.2. The summed E-state index contributed by atoms with van der Waals surface area (Å²) in [5.41, 5.74) is 1.32. The van der Waals surface area contributed by atoms with E-state index in [-0.39, 0.29) is 5.91 Å². The smallest absolute Gasteiger partial charge is 0.220 e. The normalized spacial score (nSPS) is 15.3. The Balaban J connectivity index is 1.54. The molecule has 29 heavy (non-hydrogen) atoms. The minimum atomic E-state index is 0.136. The number of rotatable bonds is 8. The lowest BCUT2D eigenvalue weighted by molar-refractivity contribution is -0.121. The number of piperidine rings is 1. The topological polar surface area (TPSA) is 69.9 Å². The second kappa shape index (κ2) is 11.3. The Hall–Kier alpha value is -2.76. The van der Waals surface area contributed by atoms with E-state index in [1.165, 1.54) is 5.56 Å². The van der Waals surface area contributed by atoms with Crippen LogP contribution in [0, 0.1) is 5.92 Å². The molecule has 6 nitrogen and oxygen atoms in total. The van der Waals surface area contributed by atoms with Crippen molar-refractivity contribution < 1.29 is 9.21 Å². The van der Waals surface area contributed by atoms with Gasteiger partial charge in [0.05, 0.1) is 6.26 Å². The fraction of sp³-hybridized carbons (Fsp3) is 0.478. The summed E-state index contributed by atoms with van der Waals surface area (Å²) >= 11 is 0. The molecule has 0 bridgehead atoms. The summed E-state index contributed by atoms with van der Waals surface area (Å²) in [5.74, 6) is 2.52. The van der Waals surface area contributed by atoms with E-state index in [0.717, 1.165) is 57.0 Å². The van der Waals surface area contributed by atoms with Crippen molar-refractivity contribution in [3.05, 3.63) is 60.1 Å². The molecule has 1 amide bonds. The minimum Gasteiger partial charge on any atom is -0.469 e. The molecule has 2 heterocycles. The molecular formula is C23H32N4O2. The van der Waals surface area contributed by atoms with Crippen molar-refractivity contribution >= 4 is 11.9 Å². The predicted octanol–water partition coefficient (Wildman–Crippen LogP) is 2.86. The zero-order chi connectivity index (χ0) is 20.3. The molecule has 3 rings (SSSR count). The molecule has 1 saturated heterocycles. The van der Waals surface area contributed by atoms with Crippen LogP contribution < -0.4 is 10.6 Å². The first-order valence-electron chi connectivity index (χ1n) is 10.5. The van der Waals surface area contributed by atoms with Crippen molar-refractivity contribution in [2.75, 3.05) is 33.2 Å². The Morgan fingerprint density at radius 1 is 1.14 bits per heavy atom. The quantitative estimate of drug-likeness (QED) is 0.532. The largest absolute Gasteiger partial charge is 0.469 e. The molecule has 0 spiro atoms. The molecule has 1 aliphatic heterocycles. The second-order valence-electron chi connectivity index (χ2n) is 7.50. The maximum absolute atomic E-state index is 11.7. The van der Waals surface area contributed by atoms with Gasteiger partial charge in [0.2, 0.25) is 5.91 Å². The first kappa shape index (κ1) is 21.0. The number of furan rings is 1. The lowest BCUT2D eigenvalue weighted by atomic mass is 9.93. The highest BCUT2D eigenvalue weighted by Gasteiger charge is 2.23. The molecule has 0 unspecified atom stereocenters. The number of guanidine groups is 1. The van der Waals surface area contributed by atoms with E-state index in [9.17, 15) is 4.79 Å². The fourth-order valence-electron chi connectivity index (χ4n) is 3.67. The van der Waals surface area contributed by atoms with Crippen molar-refractivity contribution in [3.63, 3.8) is 0 Å². The molecule has 156 valence electrons. The van der Waals surface area contributed by atoms with Crippen molar-refractivity contribution in [1.82, 2.24) is 15.5 Å². The molecule has 1 aromatic carbocycles. The van der Waals surface area contributed by atoms with E-state index in [1.807, 2.05) is 18.2 Å². The lowest BCUT2D eigenvalue weighted by Crippen LogP contribution is -2.46. The van der Waals surface area contributed by atoms with Crippen molar-refractivity contribution in [3.8, 4) is 0 Å². The van der Waals surface area contributed by atoms with Crippen LogP contribution in [0.5, 0.6) is 0 Å². The van der Waals surface area contributed by atoms with Crippen molar-refractivity contribution in [2.24, 2.45) is 10.9 Å². The Labute approximate surface area is 173 Å². The third kappa shape index (κ3) is 6.97. The van der Waals surface area contributed by atoms with Crippen LogP contribution in [0.4, 0.5) is 0 Å². The van der Waals surface area contributed by atoms with E-state index in [0.29, 0.717) is 18.9 Å². The van der Waals surface area contributed by atoms with Gasteiger partial charge in [-0.3, -0.25) is 9.79 Å². The molecule has 0 saturated carbocycles. The van der Waals surface area contributed by atoms with Gasteiger partial charge in [-0.15, -0.1) is 0 Å². The van der Waals surface area contributed by atoms with Gasteiger partial charge in [0.1, 0.15) is 5.76 Å². The Morgan fingerprint density at radius 3 is 2.62 bits per heavy atom. The molecule has 0 radical (unpaired) electrons. The van der Waals surface area contributed by atoms with Gasteiger partial charge >= 0.3 is 0 Å². The van der Waals surface area contributed by atoms with Crippen LogP contribution in [0.15, 0.2) is 58.1 Å². The van der Waals surface area contributed by atoms with E-state index in [2.05, 4.69) is 39.8 Å². The number of amides is 1. The number of nitrogens with zero attached hydrogens (tertiary/aromatic N) is 2. The molecule has 2 N–H and O–H groups in total. The number of benzene rings is 1. The van der Waals surface area contributed by atoms with Gasteiger partial charge in [-0.2, -0.15) is 0 Å². The molecule has 2 aromatic rings. The maximum atomic E-state index is 11.7. The van der Waals surface area contributed by atoms with Crippen LogP contribution in [0.25, 0.3) is 0 Å². The summed E-state index contributed by atoms with van der Waals surface area (Å²) < 4.78 is 5.42. The number of likely N-dealkylation sites (tertiary alicyclic amines) is 1. The summed E-state index contributed by atoms with van der Waals surface area (Å²) in [7, 11) is 1.71. The maximum Gasteiger partial charge on any atom is 0.220 e. The van der Waals surface area contributed by atoms with Crippen LogP contribution >= 0.6 is 0 Å². The predicted molar refractivity (Wildman–Crippen MR) is 116 cm³/mol. The van der Waals surface area contributed by atoms with Crippen LogP contribution in [-0.4, -0.2) is 50.0 Å². The van der Waals surface area contributed by atoms with Crippen LogP contribution in [0.2, 0.25) is 0 Å². The van der Waals surface area contributed by atoms with E-state index < -0.39 is 0 Å². The number of nitrogens with one attached hydrogen (secondary N) is 2. The van der Waals surface area contributed by atoms with Crippen LogP contribution in [0.1, 0.15) is 30.6 Å². The van der Waals surface area contributed by atoms with Crippen molar-refractivity contribution in [1.29, 1.82) is 0 Å². The summed E-state index contributed by atoms with van der Waals surface area (Å²) in [6.07, 6.45) is 6.12. The third-order valence-electron chi connectivity index (χ3n) is 5.41. The second-order valence-corrected chi connectivity index (χ2v) is 7.50. The number of hydrogen-bond donors (Lipinski definition) is 2. The monoisotopic (exact) mass is 396 g/mol. The van der Waals surface area contributed by atoms with Gasteiger partial charge in [-0.1, -0.05) is 30.3 Å². The molecule has 1 aliphatic rings. The SMILES string of the molecule is CNC(=O)CC1CCN(C(=NCCc2ccco2)NCCc2ccccc2)CC1. The zero-order valence-corrected chi connectivity index (χ0v) is 17.3. The summed E-state index contributed by atoms with van der Waals surface area (Å²) in [4.78, 5) is 18.8. The lowest BCUT2D eigenvalue weighted by Gasteiger charge is -2.34. The van der Waals surface area contributed by atoms with E-state index >= 15 is 0 Å². The minimum absolute atomic E-state index is 0.136. The number of hydrogen-bond acceptors (Lipinski definition) is 3. The Kier molecular flexibility index (Phi) is 8.16. The Bertz CT molecular complexity index is 750. The van der Waals surface area contributed by atoms with Gasteiger partial charge in [0, 0.05) is 46.1 Å². The van der Waals surface area contributed by atoms with Gasteiger partial charge in [0.25, 0.3) is 0 Å². The summed E-state index contributed by atoms with van der Waals surface area (Å²) in [6.45, 7) is 3.40. The van der Waals surface area contributed by atoms with Crippen LogP contribution in [-0.2, 0) is 17.6 Å². The molecule has 1 fully saturated rings. The highest BCUT2D eigenvalue weighted by Crippen LogP contribution is 2.20. The average Bonchev–Trinajstić information content (AvgIpc) is 3.27. The summed E-state index contributed by atoms with van der Waals surface area (Å²) in [5, 5.41) is 6.28. The van der Waals surface area contributed by atoms with Gasteiger partial charge in [0.15, 0.2) is 5.96 Å². The first-order valence-corrected chi connectivity index (χ1v) is 10.5. The average molecular weight is 397 g/mol. The zero-order valence-electron chi connectivity index (χ0n) is 17.3. The van der Waals surface area contributed by atoms with Gasteiger partial charge in [-0.25, -0.2) is 0 Å². The van der Waals surface area contributed by atoms with E-state index in [4.69, 9.17) is 9.41 Å². The van der Waals surface area contributed by atoms with Crippen LogP contribution in [0.3, 0.4) is 0 Å². The van der Waals surface area contributed by atoms with Crippen molar-refractivity contribution in [2.45, 2.75) is 32.1 Å². The molecular weight excluding hydrogens is 364 g/mol. The molecule has 1 aromatic heterocycles. The highest BCUT2D eigenvalue weighted by atomic mass is 16.3. The van der Waals surface area contributed by atoms with Gasteiger partial charge < -0.3 is 20.0 Å². The highest BCUT2D eigenvalue weighted by molar-refractivity contribution is 5.80. The molecule has 0 atom stereocenters. The fourth-order valence-corrected chi connectivity index (χ4v) is 3.67. The standard InChI is InChI=1S/C23H32N4O2/c1-24-22(28)18-20-11-15-27(16-12-20)23(26-14-10-21-8-5-17-29-21)25-13-9-19-6-3-2-4-7-19/h2-8,17,20H,9-16,18H2,1H3,(H,24,28)(H,25,26). The third-order valence-corrected chi connectivity index (χ3v) is 5.41. The molecule has 6 heteroatoms. The molecule has 0 aliphatic carbocycles. The summed E-state index contributed by atoms with van der Waals surface area (Å²) in [6, 6.07) is 14.4. The Morgan fingerprint density at radius 2 is 1.93 bits per heavy atom. The number of carbonyl (C=O) groups excluding carboxylic acids is 1. The van der Waals surface area contributed by atoms with E-state index in [1.54, 1.807) is 13.3 Å². The number of carbonyl (C=O) groups is 1. The number of aliphatic imine (C=N–C) groups is 1. The van der Waals surface area contributed by atoms with Gasteiger partial charge in [-0.05, 0) is 42.9 Å².